The first-order valence-corrected chi connectivity index (χ1v) is 9.95. The van der Waals surface area contributed by atoms with Crippen molar-refractivity contribution in [3.05, 3.63) is 36.4 Å². The van der Waals surface area contributed by atoms with Gasteiger partial charge in [0.15, 0.2) is 5.96 Å². The molecule has 0 unspecified atom stereocenters. The summed E-state index contributed by atoms with van der Waals surface area (Å²) in [5.41, 5.74) is 0.996. The summed E-state index contributed by atoms with van der Waals surface area (Å²) in [6.07, 6.45) is 2.67. The lowest BCUT2D eigenvalue weighted by atomic mass is 9.93. The molecule has 0 bridgehead atoms. The van der Waals surface area contributed by atoms with E-state index in [1.54, 1.807) is 7.05 Å². The molecule has 1 aromatic heterocycles. The Kier molecular flexibility index (Phi) is 9.43. The number of guanidine groups is 1. The predicted molar refractivity (Wildman–Crippen MR) is 130 cm³/mol. The number of aromatic nitrogens is 1. The highest BCUT2D eigenvalue weighted by molar-refractivity contribution is 14.0. The van der Waals surface area contributed by atoms with Crippen LogP contribution in [-0.2, 0) is 4.79 Å². The van der Waals surface area contributed by atoms with Gasteiger partial charge >= 0.3 is 0 Å². The minimum absolute atomic E-state index is 0. The van der Waals surface area contributed by atoms with Gasteiger partial charge in [0.25, 0.3) is 0 Å². The number of rotatable bonds is 6. The Labute approximate surface area is 189 Å². The molecule has 1 fully saturated rings. The predicted octanol–water partition coefficient (Wildman–Crippen LogP) is 2.69. The van der Waals surface area contributed by atoms with Crippen molar-refractivity contribution >= 4 is 52.6 Å². The van der Waals surface area contributed by atoms with E-state index in [0.717, 1.165) is 61.7 Å². The van der Waals surface area contributed by atoms with E-state index in [2.05, 4.69) is 43.0 Å². The number of hydrogen-bond donors (Lipinski definition) is 3. The highest BCUT2D eigenvalue weighted by Gasteiger charge is 2.22. The fourth-order valence-corrected chi connectivity index (χ4v) is 3.57. The molecule has 0 spiro atoms. The molecule has 1 aliphatic heterocycles. The van der Waals surface area contributed by atoms with Crippen LogP contribution in [0.2, 0.25) is 0 Å². The van der Waals surface area contributed by atoms with Gasteiger partial charge < -0.3 is 20.9 Å². The standard InChI is InChI=1S/C21H30N6O.HI/c1-22-20(28)15-16-9-13-27(14-10-16)21(23-2)25-12-11-24-19-8-7-17-5-3-4-6-18(17)26-19;/h3-8,16H,9-15H2,1-2H3,(H,22,28)(H,23,25)(H,24,26);1H. The zero-order chi connectivity index (χ0) is 19.8. The fourth-order valence-electron chi connectivity index (χ4n) is 3.57. The van der Waals surface area contributed by atoms with Crippen LogP contribution in [-0.4, -0.2) is 62.0 Å². The lowest BCUT2D eigenvalue weighted by molar-refractivity contribution is -0.121. The van der Waals surface area contributed by atoms with Gasteiger partial charge in [-0.2, -0.15) is 0 Å². The molecule has 1 aliphatic rings. The molecule has 8 heteroatoms. The third kappa shape index (κ3) is 6.73. The Balaban J connectivity index is 0.00000300. The van der Waals surface area contributed by atoms with Gasteiger partial charge in [0.2, 0.25) is 5.91 Å². The number of anilines is 1. The second-order valence-corrected chi connectivity index (χ2v) is 7.10. The monoisotopic (exact) mass is 510 g/mol. The molecule has 7 nitrogen and oxygen atoms in total. The molecular weight excluding hydrogens is 479 g/mol. The van der Waals surface area contributed by atoms with Gasteiger partial charge in [-0.25, -0.2) is 4.98 Å². The summed E-state index contributed by atoms with van der Waals surface area (Å²) in [4.78, 5) is 22.9. The number of nitrogens with zero attached hydrogens (tertiary/aromatic N) is 3. The van der Waals surface area contributed by atoms with Crippen molar-refractivity contribution in [3.63, 3.8) is 0 Å². The van der Waals surface area contributed by atoms with Crippen LogP contribution < -0.4 is 16.0 Å². The summed E-state index contributed by atoms with van der Waals surface area (Å²) in [7, 11) is 3.52. The topological polar surface area (TPSA) is 81.7 Å². The van der Waals surface area contributed by atoms with Gasteiger partial charge in [-0.15, -0.1) is 24.0 Å². The van der Waals surface area contributed by atoms with E-state index < -0.39 is 0 Å². The summed E-state index contributed by atoms with van der Waals surface area (Å²) in [5.74, 6) is 2.40. The van der Waals surface area contributed by atoms with Crippen LogP contribution in [0.3, 0.4) is 0 Å². The molecular formula is C21H31IN6O. The van der Waals surface area contributed by atoms with Gasteiger partial charge in [-0.3, -0.25) is 9.79 Å². The van der Waals surface area contributed by atoms with Crippen LogP contribution in [0, 0.1) is 5.92 Å². The van der Waals surface area contributed by atoms with E-state index >= 15 is 0 Å². The Morgan fingerprint density at radius 1 is 1.17 bits per heavy atom. The Bertz CT molecular complexity index is 820. The van der Waals surface area contributed by atoms with Crippen molar-refractivity contribution in [1.29, 1.82) is 0 Å². The second kappa shape index (κ2) is 11.8. The maximum atomic E-state index is 11.5. The molecule has 1 aromatic carbocycles. The lowest BCUT2D eigenvalue weighted by Crippen LogP contribution is -2.47. The highest BCUT2D eigenvalue weighted by atomic mass is 127. The van der Waals surface area contributed by atoms with Crippen molar-refractivity contribution in [2.24, 2.45) is 10.9 Å². The number of carbonyl (C=O) groups excluding carboxylic acids is 1. The molecule has 0 atom stereocenters. The van der Waals surface area contributed by atoms with E-state index in [9.17, 15) is 4.79 Å². The number of carbonyl (C=O) groups is 1. The number of piperidine rings is 1. The first kappa shape index (κ1) is 23.2. The molecule has 0 radical (unpaired) electrons. The van der Waals surface area contributed by atoms with Crippen LogP contribution in [0.1, 0.15) is 19.3 Å². The molecule has 3 rings (SSSR count). The zero-order valence-electron chi connectivity index (χ0n) is 17.1. The van der Waals surface area contributed by atoms with Crippen LogP contribution in [0.25, 0.3) is 10.9 Å². The number of aliphatic imine (C=N–C) groups is 1. The number of benzene rings is 1. The Hall–Kier alpha value is -2.10. The SMILES string of the molecule is CN=C(NCCNc1ccc2ccccc2n1)N1CCC(CC(=O)NC)CC1.I. The van der Waals surface area contributed by atoms with E-state index in [-0.39, 0.29) is 29.9 Å². The van der Waals surface area contributed by atoms with Crippen molar-refractivity contribution in [1.82, 2.24) is 20.5 Å². The van der Waals surface area contributed by atoms with E-state index in [1.165, 1.54) is 0 Å². The maximum Gasteiger partial charge on any atom is 0.220 e. The third-order valence-corrected chi connectivity index (χ3v) is 5.19. The number of hydrogen-bond acceptors (Lipinski definition) is 4. The van der Waals surface area contributed by atoms with Crippen LogP contribution in [0.4, 0.5) is 5.82 Å². The summed E-state index contributed by atoms with van der Waals surface area (Å²) >= 11 is 0. The van der Waals surface area contributed by atoms with E-state index in [1.807, 2.05) is 31.3 Å². The number of halogens is 1. The average Bonchev–Trinajstić information content (AvgIpc) is 2.74. The first-order valence-electron chi connectivity index (χ1n) is 9.95. The minimum atomic E-state index is 0. The van der Waals surface area contributed by atoms with E-state index in [0.29, 0.717) is 12.3 Å². The van der Waals surface area contributed by atoms with E-state index in [4.69, 9.17) is 0 Å². The molecule has 0 saturated carbocycles. The van der Waals surface area contributed by atoms with Crippen LogP contribution in [0.15, 0.2) is 41.4 Å². The Morgan fingerprint density at radius 3 is 2.66 bits per heavy atom. The highest BCUT2D eigenvalue weighted by Crippen LogP contribution is 2.20. The molecule has 2 heterocycles. The maximum absolute atomic E-state index is 11.5. The van der Waals surface area contributed by atoms with Crippen LogP contribution in [0.5, 0.6) is 0 Å². The number of fused-ring (bicyclic) bond motifs is 1. The van der Waals surface area contributed by atoms with Gasteiger partial charge in [-0.1, -0.05) is 18.2 Å². The lowest BCUT2D eigenvalue weighted by Gasteiger charge is -2.34. The molecule has 1 saturated heterocycles. The second-order valence-electron chi connectivity index (χ2n) is 7.10. The van der Waals surface area contributed by atoms with Crippen molar-refractivity contribution in [2.45, 2.75) is 19.3 Å². The molecule has 29 heavy (non-hydrogen) atoms. The van der Waals surface area contributed by atoms with Gasteiger partial charge in [-0.05, 0) is 37.0 Å². The molecule has 2 aromatic rings. The number of para-hydroxylation sites is 1. The first-order chi connectivity index (χ1) is 13.7. The third-order valence-electron chi connectivity index (χ3n) is 5.19. The summed E-state index contributed by atoms with van der Waals surface area (Å²) in [6, 6.07) is 12.2. The normalized spacial score (nSPS) is 15.0. The van der Waals surface area contributed by atoms with Gasteiger partial charge in [0.05, 0.1) is 5.52 Å². The van der Waals surface area contributed by atoms with Crippen molar-refractivity contribution in [2.75, 3.05) is 45.6 Å². The van der Waals surface area contributed by atoms with Gasteiger partial charge in [0, 0.05) is 52.1 Å². The summed E-state index contributed by atoms with van der Waals surface area (Å²) in [6.45, 7) is 3.39. The molecule has 1 amide bonds. The largest absolute Gasteiger partial charge is 0.368 e. The van der Waals surface area contributed by atoms with Crippen LogP contribution >= 0.6 is 24.0 Å². The minimum Gasteiger partial charge on any atom is -0.368 e. The number of pyridine rings is 1. The molecule has 0 aliphatic carbocycles. The fraction of sp³-hybridized carbons (Fsp3) is 0.476. The van der Waals surface area contributed by atoms with Crippen molar-refractivity contribution < 1.29 is 4.79 Å². The Morgan fingerprint density at radius 2 is 1.93 bits per heavy atom. The average molecular weight is 510 g/mol. The smallest absolute Gasteiger partial charge is 0.220 e. The quantitative estimate of drug-likeness (QED) is 0.241. The number of nitrogens with one attached hydrogen (secondary N) is 3. The van der Waals surface area contributed by atoms with Gasteiger partial charge in [0.1, 0.15) is 5.82 Å². The summed E-state index contributed by atoms with van der Waals surface area (Å²) < 4.78 is 0. The number of amides is 1. The summed E-state index contributed by atoms with van der Waals surface area (Å²) in [5, 5.41) is 10.6. The molecule has 158 valence electrons. The van der Waals surface area contributed by atoms with Crippen molar-refractivity contribution in [3.8, 4) is 0 Å². The molecule has 3 N–H and O–H groups in total. The zero-order valence-corrected chi connectivity index (χ0v) is 19.5. The number of likely N-dealkylation sites (tertiary alicyclic amines) is 1.